The fourth-order valence-electron chi connectivity index (χ4n) is 2.09. The van der Waals surface area contributed by atoms with E-state index in [1.54, 1.807) is 31.2 Å². The van der Waals surface area contributed by atoms with Crippen molar-refractivity contribution in [2.75, 3.05) is 18.4 Å². The Hall–Kier alpha value is -2.91. The van der Waals surface area contributed by atoms with Crippen molar-refractivity contribution >= 4 is 11.6 Å². The Morgan fingerprint density at radius 1 is 1.21 bits per heavy atom. The van der Waals surface area contributed by atoms with Crippen LogP contribution in [0.15, 0.2) is 48.5 Å². The first kappa shape index (κ1) is 17.4. The van der Waals surface area contributed by atoms with E-state index < -0.39 is 5.60 Å². The van der Waals surface area contributed by atoms with Gasteiger partial charge in [0.1, 0.15) is 11.4 Å². The van der Waals surface area contributed by atoms with Gasteiger partial charge in [-0.05, 0) is 48.9 Å². The number of benzene rings is 2. The summed E-state index contributed by atoms with van der Waals surface area (Å²) < 4.78 is 12.9. The lowest BCUT2D eigenvalue weighted by Crippen LogP contribution is -2.40. The van der Waals surface area contributed by atoms with Crippen LogP contribution in [-0.2, 0) is 10.4 Å². The highest BCUT2D eigenvalue weighted by Crippen LogP contribution is 2.19. The molecule has 0 aliphatic rings. The zero-order chi connectivity index (χ0) is 17.6. The molecule has 0 aromatic heterocycles. The maximum absolute atomic E-state index is 12.9. The van der Waals surface area contributed by atoms with Gasteiger partial charge in [-0.3, -0.25) is 4.79 Å². The average Bonchev–Trinajstić information content (AvgIpc) is 2.59. The van der Waals surface area contributed by atoms with Crippen LogP contribution >= 0.6 is 0 Å². The summed E-state index contributed by atoms with van der Waals surface area (Å²) in [6.07, 6.45) is 0. The minimum Gasteiger partial charge on any atom is -0.384 e. The highest BCUT2D eigenvalue weighted by molar-refractivity contribution is 5.80. The van der Waals surface area contributed by atoms with E-state index in [0.717, 1.165) is 5.69 Å². The molecule has 0 saturated heterocycles. The second-order valence-electron chi connectivity index (χ2n) is 5.60. The minimum absolute atomic E-state index is 0.00646. The van der Waals surface area contributed by atoms with Gasteiger partial charge < -0.3 is 15.7 Å². The molecular formula is C18H18FN3O2. The van der Waals surface area contributed by atoms with Gasteiger partial charge >= 0.3 is 0 Å². The van der Waals surface area contributed by atoms with Crippen molar-refractivity contribution < 1.29 is 14.3 Å². The fraction of sp³-hybridized carbons (Fsp3) is 0.222. The summed E-state index contributed by atoms with van der Waals surface area (Å²) in [7, 11) is 0. The molecule has 6 heteroatoms. The molecule has 0 aliphatic carbocycles. The number of hydrogen-bond acceptors (Lipinski definition) is 4. The third kappa shape index (κ3) is 4.80. The van der Waals surface area contributed by atoms with Crippen molar-refractivity contribution in [1.29, 1.82) is 5.26 Å². The number of nitrogens with zero attached hydrogens (tertiary/aromatic N) is 1. The average molecular weight is 327 g/mol. The van der Waals surface area contributed by atoms with Crippen LogP contribution in [0, 0.1) is 17.1 Å². The molecule has 5 nitrogen and oxygen atoms in total. The molecule has 2 aromatic carbocycles. The maximum atomic E-state index is 12.9. The van der Waals surface area contributed by atoms with Crippen LogP contribution in [0.25, 0.3) is 0 Å². The largest absolute Gasteiger partial charge is 0.384 e. The van der Waals surface area contributed by atoms with Crippen LogP contribution in [-0.4, -0.2) is 24.1 Å². The summed E-state index contributed by atoms with van der Waals surface area (Å²) in [5, 5.41) is 24.7. The molecule has 3 N–H and O–H groups in total. The molecular weight excluding hydrogens is 309 g/mol. The number of anilines is 1. The van der Waals surface area contributed by atoms with Crippen molar-refractivity contribution in [1.82, 2.24) is 5.32 Å². The first-order chi connectivity index (χ1) is 11.4. The highest BCUT2D eigenvalue weighted by atomic mass is 19.1. The van der Waals surface area contributed by atoms with Crippen molar-refractivity contribution in [3.63, 3.8) is 0 Å². The Kier molecular flexibility index (Phi) is 5.51. The predicted octanol–water partition coefficient (Wildman–Crippen LogP) is 2.13. The molecule has 1 atom stereocenters. The zero-order valence-corrected chi connectivity index (χ0v) is 13.2. The number of rotatable bonds is 6. The summed E-state index contributed by atoms with van der Waals surface area (Å²) in [5.41, 5.74) is 0.483. The summed E-state index contributed by atoms with van der Waals surface area (Å²) >= 11 is 0. The van der Waals surface area contributed by atoms with Crippen LogP contribution < -0.4 is 10.6 Å². The first-order valence-electron chi connectivity index (χ1n) is 7.40. The molecule has 2 rings (SSSR count). The molecule has 0 bridgehead atoms. The molecule has 0 spiro atoms. The predicted molar refractivity (Wildman–Crippen MR) is 88.6 cm³/mol. The third-order valence-corrected chi connectivity index (χ3v) is 3.56. The van der Waals surface area contributed by atoms with E-state index in [1.807, 2.05) is 6.07 Å². The summed E-state index contributed by atoms with van der Waals surface area (Å²) in [4.78, 5) is 11.9. The van der Waals surface area contributed by atoms with Crippen molar-refractivity contribution in [2.24, 2.45) is 0 Å². The lowest BCUT2D eigenvalue weighted by molar-refractivity contribution is -0.120. The van der Waals surface area contributed by atoms with E-state index in [0.29, 0.717) is 11.1 Å². The quantitative estimate of drug-likeness (QED) is 0.759. The minimum atomic E-state index is -1.29. The number of halogens is 1. The summed E-state index contributed by atoms with van der Waals surface area (Å²) in [5.74, 6) is -0.674. The van der Waals surface area contributed by atoms with Crippen molar-refractivity contribution in [3.8, 4) is 6.07 Å². The maximum Gasteiger partial charge on any atom is 0.239 e. The molecule has 0 aliphatic heterocycles. The van der Waals surface area contributed by atoms with E-state index in [-0.39, 0.29) is 24.8 Å². The monoisotopic (exact) mass is 327 g/mol. The third-order valence-electron chi connectivity index (χ3n) is 3.56. The van der Waals surface area contributed by atoms with Gasteiger partial charge in [-0.1, -0.05) is 12.1 Å². The molecule has 2 aromatic rings. The molecule has 1 unspecified atom stereocenters. The van der Waals surface area contributed by atoms with Gasteiger partial charge in [0.25, 0.3) is 0 Å². The second-order valence-corrected chi connectivity index (χ2v) is 5.60. The van der Waals surface area contributed by atoms with Gasteiger partial charge in [0.15, 0.2) is 0 Å². The van der Waals surface area contributed by atoms with Gasteiger partial charge in [-0.25, -0.2) is 4.39 Å². The lowest BCUT2D eigenvalue weighted by atomic mass is 9.96. The van der Waals surface area contributed by atoms with Crippen molar-refractivity contribution in [3.05, 3.63) is 65.5 Å². The number of nitriles is 1. The molecule has 1 amide bonds. The number of aliphatic hydroxyl groups is 1. The topological polar surface area (TPSA) is 85.2 Å². The Morgan fingerprint density at radius 3 is 2.42 bits per heavy atom. The first-order valence-corrected chi connectivity index (χ1v) is 7.40. The van der Waals surface area contributed by atoms with E-state index in [9.17, 15) is 14.3 Å². The van der Waals surface area contributed by atoms with Crippen molar-refractivity contribution in [2.45, 2.75) is 12.5 Å². The van der Waals surface area contributed by atoms with Gasteiger partial charge in [0.2, 0.25) is 5.91 Å². The number of amides is 1. The summed E-state index contributed by atoms with van der Waals surface area (Å²) in [6, 6.07) is 14.2. The lowest BCUT2D eigenvalue weighted by Gasteiger charge is -2.24. The summed E-state index contributed by atoms with van der Waals surface area (Å²) in [6.45, 7) is 1.59. The van der Waals surface area contributed by atoms with Crippen LogP contribution in [0.3, 0.4) is 0 Å². The van der Waals surface area contributed by atoms with Gasteiger partial charge in [-0.2, -0.15) is 5.26 Å². The van der Waals surface area contributed by atoms with Crippen LogP contribution in [0.5, 0.6) is 0 Å². The van der Waals surface area contributed by atoms with Crippen LogP contribution in [0.2, 0.25) is 0 Å². The number of nitrogens with one attached hydrogen (secondary N) is 2. The number of carbonyl (C=O) groups excluding carboxylic acids is 1. The Morgan fingerprint density at radius 2 is 1.83 bits per heavy atom. The Labute approximate surface area is 139 Å². The molecule has 24 heavy (non-hydrogen) atoms. The fourth-order valence-corrected chi connectivity index (χ4v) is 2.09. The van der Waals surface area contributed by atoms with Gasteiger partial charge in [-0.15, -0.1) is 0 Å². The molecule has 124 valence electrons. The molecule has 0 saturated carbocycles. The Bertz CT molecular complexity index is 734. The van der Waals surface area contributed by atoms with E-state index >= 15 is 0 Å². The Balaban J connectivity index is 1.83. The number of carbonyl (C=O) groups is 1. The standard InChI is InChI=1S/C18H18FN3O2/c1-18(24,14-4-6-15(19)7-5-14)12-22-17(23)11-21-16-8-2-13(10-20)3-9-16/h2-9,21,24H,11-12H2,1H3,(H,22,23). The molecule has 0 radical (unpaired) electrons. The van der Waals surface area contributed by atoms with E-state index in [4.69, 9.17) is 5.26 Å². The zero-order valence-electron chi connectivity index (χ0n) is 13.2. The van der Waals surface area contributed by atoms with Crippen LogP contribution in [0.1, 0.15) is 18.1 Å². The molecule has 0 fully saturated rings. The van der Waals surface area contributed by atoms with Gasteiger partial charge in [0, 0.05) is 5.69 Å². The van der Waals surface area contributed by atoms with E-state index in [1.165, 1.54) is 24.3 Å². The smallest absolute Gasteiger partial charge is 0.239 e. The second kappa shape index (κ2) is 7.57. The van der Waals surface area contributed by atoms with Gasteiger partial charge in [0.05, 0.1) is 24.7 Å². The normalized spacial score (nSPS) is 12.8. The highest BCUT2D eigenvalue weighted by Gasteiger charge is 2.23. The van der Waals surface area contributed by atoms with E-state index in [2.05, 4.69) is 10.6 Å². The van der Waals surface area contributed by atoms with Crippen LogP contribution in [0.4, 0.5) is 10.1 Å². The molecule has 0 heterocycles. The SMILES string of the molecule is CC(O)(CNC(=O)CNc1ccc(C#N)cc1)c1ccc(F)cc1. The number of hydrogen-bond donors (Lipinski definition) is 3.